The summed E-state index contributed by atoms with van der Waals surface area (Å²) >= 11 is 6.33. The van der Waals surface area contributed by atoms with Crippen LogP contribution in [0.5, 0.6) is 5.75 Å². The fourth-order valence-electron chi connectivity index (χ4n) is 1.10. The number of nitro groups is 1. The molecule has 6 nitrogen and oxygen atoms in total. The molecule has 0 unspecified atom stereocenters. The predicted octanol–water partition coefficient (Wildman–Crippen LogP) is 3.61. The minimum absolute atomic E-state index is 0.0582. The lowest BCUT2D eigenvalue weighted by Crippen LogP contribution is -2.30. The molecule has 1 aromatic carbocycles. The molecule has 19 heavy (non-hydrogen) atoms. The van der Waals surface area contributed by atoms with Gasteiger partial charge in [-0.15, -0.1) is 0 Å². The number of nitrogens with zero attached hydrogens (tertiary/aromatic N) is 1. The van der Waals surface area contributed by atoms with Gasteiger partial charge in [-0.05, 0) is 45.7 Å². The molecule has 0 aromatic heterocycles. The number of nitro benzene ring substituents is 1. The van der Waals surface area contributed by atoms with E-state index in [0.717, 1.165) is 0 Å². The Bertz CT molecular complexity index is 507. The number of halogens is 2. The Kier molecular flexibility index (Phi) is 4.92. The fourth-order valence-corrected chi connectivity index (χ4v) is 2.50. The van der Waals surface area contributed by atoms with E-state index in [0.29, 0.717) is 14.7 Å². The van der Waals surface area contributed by atoms with Gasteiger partial charge in [0.15, 0.2) is 0 Å². The van der Waals surface area contributed by atoms with Crippen molar-refractivity contribution in [2.75, 3.05) is 6.61 Å². The molecular formula is C11H11Br2NO5. The molecule has 1 rings (SSSR count). The van der Waals surface area contributed by atoms with Crippen LogP contribution in [-0.4, -0.2) is 22.6 Å². The molecule has 0 fully saturated rings. The Labute approximate surface area is 126 Å². The van der Waals surface area contributed by atoms with Gasteiger partial charge in [0.1, 0.15) is 12.4 Å². The lowest BCUT2D eigenvalue weighted by Gasteiger charge is -2.20. The van der Waals surface area contributed by atoms with Gasteiger partial charge in [-0.25, -0.2) is 0 Å². The van der Waals surface area contributed by atoms with Gasteiger partial charge < -0.3 is 9.84 Å². The smallest absolute Gasteiger partial charge is 0.312 e. The van der Waals surface area contributed by atoms with E-state index >= 15 is 0 Å². The number of rotatable bonds is 5. The van der Waals surface area contributed by atoms with Crippen LogP contribution < -0.4 is 4.74 Å². The summed E-state index contributed by atoms with van der Waals surface area (Å²) in [5, 5.41) is 19.7. The fraction of sp³-hybridized carbons (Fsp3) is 0.364. The molecule has 1 aromatic rings. The van der Waals surface area contributed by atoms with Gasteiger partial charge in [-0.3, -0.25) is 14.9 Å². The molecule has 0 amide bonds. The van der Waals surface area contributed by atoms with Crippen molar-refractivity contribution in [2.24, 2.45) is 5.41 Å². The topological polar surface area (TPSA) is 89.7 Å². The lowest BCUT2D eigenvalue weighted by atomic mass is 9.95. The summed E-state index contributed by atoms with van der Waals surface area (Å²) in [6.07, 6.45) is 0. The van der Waals surface area contributed by atoms with Crippen LogP contribution >= 0.6 is 31.9 Å². The van der Waals surface area contributed by atoms with Crippen molar-refractivity contribution in [1.29, 1.82) is 0 Å². The second-order valence-corrected chi connectivity index (χ2v) is 6.18. The number of aliphatic carboxylic acids is 1. The van der Waals surface area contributed by atoms with Gasteiger partial charge in [-0.1, -0.05) is 0 Å². The summed E-state index contributed by atoms with van der Waals surface area (Å²) in [5.74, 6) is -0.651. The molecule has 1 N–H and O–H groups in total. The van der Waals surface area contributed by atoms with Crippen LogP contribution in [0.25, 0.3) is 0 Å². The van der Waals surface area contributed by atoms with E-state index in [9.17, 15) is 14.9 Å². The Morgan fingerprint density at radius 3 is 2.26 bits per heavy atom. The monoisotopic (exact) mass is 395 g/mol. The highest BCUT2D eigenvalue weighted by molar-refractivity contribution is 9.11. The molecule has 104 valence electrons. The van der Waals surface area contributed by atoms with Crippen LogP contribution in [0.1, 0.15) is 13.8 Å². The first-order valence-corrected chi connectivity index (χ1v) is 6.73. The summed E-state index contributed by atoms with van der Waals surface area (Å²) in [4.78, 5) is 21.1. The highest BCUT2D eigenvalue weighted by Crippen LogP contribution is 2.38. The molecule has 0 saturated heterocycles. The minimum Gasteiger partial charge on any atom is -0.490 e. The van der Waals surface area contributed by atoms with Crippen molar-refractivity contribution in [3.05, 3.63) is 31.2 Å². The molecule has 0 heterocycles. The molecular weight excluding hydrogens is 386 g/mol. The van der Waals surface area contributed by atoms with Crippen molar-refractivity contribution >= 4 is 43.5 Å². The first-order chi connectivity index (χ1) is 8.65. The number of hydrogen-bond donors (Lipinski definition) is 1. The van der Waals surface area contributed by atoms with Crippen LogP contribution in [0.3, 0.4) is 0 Å². The van der Waals surface area contributed by atoms with E-state index in [4.69, 9.17) is 9.84 Å². The molecule has 0 bridgehead atoms. The summed E-state index contributed by atoms with van der Waals surface area (Å²) in [6, 6.07) is 2.60. The maximum Gasteiger partial charge on any atom is 0.312 e. The Hall–Kier alpha value is -1.15. The normalized spacial score (nSPS) is 11.2. The molecule has 0 radical (unpaired) electrons. The summed E-state index contributed by atoms with van der Waals surface area (Å²) < 4.78 is 6.20. The molecule has 0 atom stereocenters. The number of ether oxygens (including phenoxy) is 1. The average Bonchev–Trinajstić information content (AvgIpc) is 2.27. The number of carbonyl (C=O) groups is 1. The van der Waals surface area contributed by atoms with Crippen molar-refractivity contribution in [3.63, 3.8) is 0 Å². The van der Waals surface area contributed by atoms with Gasteiger partial charge in [-0.2, -0.15) is 0 Å². The van der Waals surface area contributed by atoms with E-state index in [1.807, 2.05) is 0 Å². The second-order valence-electron chi connectivity index (χ2n) is 4.47. The van der Waals surface area contributed by atoms with Gasteiger partial charge in [0.05, 0.1) is 19.3 Å². The van der Waals surface area contributed by atoms with Crippen LogP contribution in [0.2, 0.25) is 0 Å². The second kappa shape index (κ2) is 5.87. The van der Waals surface area contributed by atoms with Crippen molar-refractivity contribution in [3.8, 4) is 5.75 Å². The van der Waals surface area contributed by atoms with Gasteiger partial charge in [0.2, 0.25) is 0 Å². The van der Waals surface area contributed by atoms with Gasteiger partial charge >= 0.3 is 5.97 Å². The third kappa shape index (κ3) is 3.90. The third-order valence-corrected chi connectivity index (χ3v) is 3.53. The zero-order valence-electron chi connectivity index (χ0n) is 10.1. The number of carboxylic acid groups (broad SMARTS) is 1. The Balaban J connectivity index is 2.97. The van der Waals surface area contributed by atoms with Gasteiger partial charge in [0.25, 0.3) is 5.69 Å². The van der Waals surface area contributed by atoms with E-state index in [1.165, 1.54) is 26.0 Å². The minimum atomic E-state index is -1.05. The van der Waals surface area contributed by atoms with Crippen LogP contribution in [0.4, 0.5) is 5.69 Å². The number of non-ortho nitro benzene ring substituents is 1. The number of benzene rings is 1. The van der Waals surface area contributed by atoms with Gasteiger partial charge in [0, 0.05) is 12.1 Å². The quantitative estimate of drug-likeness (QED) is 0.606. The highest BCUT2D eigenvalue weighted by atomic mass is 79.9. The molecule has 8 heteroatoms. The maximum atomic E-state index is 11.0. The molecule has 0 aliphatic heterocycles. The number of hydrogen-bond acceptors (Lipinski definition) is 4. The zero-order chi connectivity index (χ0) is 14.8. The standard InChI is InChI=1S/C11H11Br2NO5/c1-11(2,10(15)16)5-19-9-7(12)3-6(14(17)18)4-8(9)13/h3-4H,5H2,1-2H3,(H,15,16). The van der Waals surface area contributed by atoms with E-state index in [2.05, 4.69) is 31.9 Å². The highest BCUT2D eigenvalue weighted by Gasteiger charge is 2.29. The Morgan fingerprint density at radius 1 is 1.42 bits per heavy atom. The van der Waals surface area contributed by atoms with E-state index < -0.39 is 16.3 Å². The maximum absolute atomic E-state index is 11.0. The SMILES string of the molecule is CC(C)(COc1c(Br)cc([N+](=O)[O-])cc1Br)C(=O)O. The summed E-state index contributed by atoms with van der Waals surface area (Å²) in [5.41, 5.74) is -1.15. The largest absolute Gasteiger partial charge is 0.490 e. The third-order valence-electron chi connectivity index (χ3n) is 2.35. The zero-order valence-corrected chi connectivity index (χ0v) is 13.3. The first kappa shape index (κ1) is 15.9. The van der Waals surface area contributed by atoms with Crippen LogP contribution in [-0.2, 0) is 4.79 Å². The van der Waals surface area contributed by atoms with Crippen molar-refractivity contribution < 1.29 is 19.6 Å². The molecule has 0 aliphatic rings. The summed E-state index contributed by atoms with van der Waals surface area (Å²) in [6.45, 7) is 3.00. The van der Waals surface area contributed by atoms with Crippen molar-refractivity contribution in [2.45, 2.75) is 13.8 Å². The first-order valence-electron chi connectivity index (χ1n) is 5.15. The summed E-state index contributed by atoms with van der Waals surface area (Å²) in [7, 11) is 0. The van der Waals surface area contributed by atoms with E-state index in [1.54, 1.807) is 0 Å². The lowest BCUT2D eigenvalue weighted by molar-refractivity contribution is -0.385. The molecule has 0 spiro atoms. The van der Waals surface area contributed by atoms with Crippen LogP contribution in [0.15, 0.2) is 21.1 Å². The van der Waals surface area contributed by atoms with E-state index in [-0.39, 0.29) is 12.3 Å². The number of carboxylic acids is 1. The average molecular weight is 397 g/mol. The molecule has 0 aliphatic carbocycles. The molecule has 0 saturated carbocycles. The van der Waals surface area contributed by atoms with Crippen molar-refractivity contribution in [1.82, 2.24) is 0 Å². The predicted molar refractivity (Wildman–Crippen MR) is 75.4 cm³/mol. The van der Waals surface area contributed by atoms with Crippen LogP contribution in [0, 0.1) is 15.5 Å². The Morgan fingerprint density at radius 2 is 1.89 bits per heavy atom.